The van der Waals surface area contributed by atoms with Crippen molar-refractivity contribution in [2.45, 2.75) is 45.3 Å². The lowest BCUT2D eigenvalue weighted by atomic mass is 10.1. The Balaban J connectivity index is 1.97. The zero-order valence-electron chi connectivity index (χ0n) is 16.9. The van der Waals surface area contributed by atoms with E-state index in [-0.39, 0.29) is 29.4 Å². The number of anilines is 1. The van der Waals surface area contributed by atoms with Crippen molar-refractivity contribution in [1.29, 1.82) is 0 Å². The second kappa shape index (κ2) is 10.1. The number of alkyl halides is 3. The van der Waals surface area contributed by atoms with E-state index in [0.29, 0.717) is 12.0 Å². The topological polar surface area (TPSA) is 80.3 Å². The third kappa shape index (κ3) is 6.47. The van der Waals surface area contributed by atoms with Crippen LogP contribution in [0.25, 0.3) is 0 Å². The number of rotatable bonds is 9. The maximum atomic E-state index is 13.3. The van der Waals surface area contributed by atoms with Gasteiger partial charge in [0.05, 0.1) is 6.04 Å². The molecule has 0 radical (unpaired) electrons. The fourth-order valence-electron chi connectivity index (χ4n) is 2.38. The van der Waals surface area contributed by atoms with Gasteiger partial charge >= 0.3 is 5.92 Å². The van der Waals surface area contributed by atoms with Gasteiger partial charge in [0.15, 0.2) is 12.8 Å². The minimum absolute atomic E-state index is 0.169. The summed E-state index contributed by atoms with van der Waals surface area (Å²) in [6.07, 6.45) is -0.597. The molecule has 162 valence electrons. The molecule has 2 amide bonds. The highest BCUT2D eigenvalue weighted by Crippen LogP contribution is 2.24. The van der Waals surface area contributed by atoms with E-state index < -0.39 is 18.7 Å². The third-order valence-electron chi connectivity index (χ3n) is 4.35. The Labute approximate surface area is 172 Å². The van der Waals surface area contributed by atoms with Crippen LogP contribution in [0.4, 0.5) is 19.0 Å². The van der Waals surface area contributed by atoms with E-state index in [9.17, 15) is 22.8 Å². The van der Waals surface area contributed by atoms with Crippen LogP contribution in [-0.4, -0.2) is 35.5 Å². The third-order valence-corrected chi connectivity index (χ3v) is 4.35. The average Bonchev–Trinajstić information content (AvgIpc) is 2.72. The van der Waals surface area contributed by atoms with Gasteiger partial charge in [-0.2, -0.15) is 8.78 Å². The van der Waals surface area contributed by atoms with E-state index in [1.54, 1.807) is 26.0 Å². The van der Waals surface area contributed by atoms with Crippen LogP contribution in [0, 0.1) is 0 Å². The number of hydrogen-bond acceptors (Lipinski definition) is 4. The molecule has 0 bridgehead atoms. The molecule has 2 rings (SSSR count). The number of ether oxygens (including phenoxy) is 1. The SMILES string of the molecule is CCC(=O)Nc1cc(C(=O)NC(C)c2ccc(OCC(F)(F)C(C)F)cc2)ccn1. The standard InChI is InChI=1S/C21H24F3N3O3/c1-4-19(28)27-18-11-16(9-10-25-18)20(29)26-13(2)15-5-7-17(8-6-15)30-12-21(23,24)14(3)22/h5-11,13-14H,4,12H2,1-3H3,(H,26,29)(H,25,27,28). The summed E-state index contributed by atoms with van der Waals surface area (Å²) in [6, 6.07) is 8.79. The zero-order valence-corrected chi connectivity index (χ0v) is 16.9. The Morgan fingerprint density at radius 3 is 2.43 bits per heavy atom. The second-order valence-corrected chi connectivity index (χ2v) is 6.76. The first kappa shape index (κ1) is 23.2. The number of nitrogens with one attached hydrogen (secondary N) is 2. The van der Waals surface area contributed by atoms with E-state index in [2.05, 4.69) is 15.6 Å². The van der Waals surface area contributed by atoms with Crippen molar-refractivity contribution in [3.63, 3.8) is 0 Å². The maximum Gasteiger partial charge on any atom is 0.311 e. The Hall–Kier alpha value is -3.10. The van der Waals surface area contributed by atoms with Crippen LogP contribution < -0.4 is 15.4 Å². The van der Waals surface area contributed by atoms with Gasteiger partial charge in [-0.1, -0.05) is 19.1 Å². The minimum atomic E-state index is -3.57. The number of amides is 2. The number of aromatic nitrogens is 1. The van der Waals surface area contributed by atoms with Crippen LogP contribution in [0.1, 0.15) is 49.2 Å². The molecule has 0 saturated heterocycles. The fourth-order valence-corrected chi connectivity index (χ4v) is 2.38. The smallest absolute Gasteiger partial charge is 0.311 e. The highest BCUT2D eigenvalue weighted by atomic mass is 19.3. The summed E-state index contributed by atoms with van der Waals surface area (Å²) in [5.41, 5.74) is 1.04. The van der Waals surface area contributed by atoms with Crippen molar-refractivity contribution in [2.24, 2.45) is 0 Å². The first-order valence-corrected chi connectivity index (χ1v) is 9.43. The number of nitrogens with zero attached hydrogens (tertiary/aromatic N) is 1. The lowest BCUT2D eigenvalue weighted by molar-refractivity contribution is -0.115. The molecule has 0 aliphatic heterocycles. The summed E-state index contributed by atoms with van der Waals surface area (Å²) < 4.78 is 44.4. The molecule has 2 N–H and O–H groups in total. The lowest BCUT2D eigenvalue weighted by Crippen LogP contribution is -2.34. The van der Waals surface area contributed by atoms with Crippen LogP contribution in [-0.2, 0) is 4.79 Å². The molecule has 6 nitrogen and oxygen atoms in total. The monoisotopic (exact) mass is 423 g/mol. The van der Waals surface area contributed by atoms with Gasteiger partial charge in [-0.25, -0.2) is 9.37 Å². The molecule has 0 aliphatic rings. The van der Waals surface area contributed by atoms with Gasteiger partial charge < -0.3 is 15.4 Å². The quantitative estimate of drug-likeness (QED) is 0.631. The van der Waals surface area contributed by atoms with Crippen molar-refractivity contribution in [3.8, 4) is 5.75 Å². The Bertz CT molecular complexity index is 873. The summed E-state index contributed by atoms with van der Waals surface area (Å²) in [7, 11) is 0. The van der Waals surface area contributed by atoms with Crippen LogP contribution in [0.5, 0.6) is 5.75 Å². The highest BCUT2D eigenvalue weighted by Gasteiger charge is 2.37. The first-order chi connectivity index (χ1) is 14.1. The molecule has 30 heavy (non-hydrogen) atoms. The van der Waals surface area contributed by atoms with Gasteiger partial charge in [-0.15, -0.1) is 0 Å². The van der Waals surface area contributed by atoms with Crippen molar-refractivity contribution in [3.05, 3.63) is 53.7 Å². The number of carbonyl (C=O) groups is 2. The summed E-state index contributed by atoms with van der Waals surface area (Å²) in [5, 5.41) is 5.39. The molecule has 0 fully saturated rings. The van der Waals surface area contributed by atoms with E-state index in [0.717, 1.165) is 12.5 Å². The molecule has 1 aromatic heterocycles. The van der Waals surface area contributed by atoms with Crippen LogP contribution in [0.2, 0.25) is 0 Å². The van der Waals surface area contributed by atoms with E-state index >= 15 is 0 Å². The molecule has 2 aromatic rings. The van der Waals surface area contributed by atoms with Gasteiger partial charge in [-0.05, 0) is 43.7 Å². The molecule has 9 heteroatoms. The number of benzene rings is 1. The Morgan fingerprint density at radius 1 is 1.17 bits per heavy atom. The summed E-state index contributed by atoms with van der Waals surface area (Å²) in [4.78, 5) is 27.9. The van der Waals surface area contributed by atoms with Crippen LogP contribution in [0.3, 0.4) is 0 Å². The number of hydrogen-bond donors (Lipinski definition) is 2. The fraction of sp³-hybridized carbons (Fsp3) is 0.381. The molecule has 1 heterocycles. The van der Waals surface area contributed by atoms with E-state index in [1.165, 1.54) is 30.5 Å². The minimum Gasteiger partial charge on any atom is -0.487 e. The van der Waals surface area contributed by atoms with Crippen LogP contribution >= 0.6 is 0 Å². The molecular weight excluding hydrogens is 399 g/mol. The Morgan fingerprint density at radius 2 is 1.83 bits per heavy atom. The molecule has 0 saturated carbocycles. The molecule has 1 aromatic carbocycles. The van der Waals surface area contributed by atoms with E-state index in [4.69, 9.17) is 4.74 Å². The lowest BCUT2D eigenvalue weighted by Gasteiger charge is -2.19. The van der Waals surface area contributed by atoms with Gasteiger partial charge in [-0.3, -0.25) is 9.59 Å². The molecule has 0 spiro atoms. The summed E-state index contributed by atoms with van der Waals surface area (Å²) in [6.45, 7) is 3.18. The number of carbonyl (C=O) groups excluding carboxylic acids is 2. The van der Waals surface area contributed by atoms with Crippen molar-refractivity contribution in [2.75, 3.05) is 11.9 Å². The van der Waals surface area contributed by atoms with Crippen molar-refractivity contribution in [1.82, 2.24) is 10.3 Å². The van der Waals surface area contributed by atoms with Gasteiger partial charge in [0.2, 0.25) is 5.91 Å². The number of halogens is 3. The van der Waals surface area contributed by atoms with Gasteiger partial charge in [0.1, 0.15) is 11.6 Å². The number of pyridine rings is 1. The molecule has 0 aliphatic carbocycles. The maximum absolute atomic E-state index is 13.3. The van der Waals surface area contributed by atoms with Crippen LogP contribution in [0.15, 0.2) is 42.6 Å². The zero-order chi connectivity index (χ0) is 22.3. The normalized spacial score (nSPS) is 13.3. The molecule has 2 unspecified atom stereocenters. The van der Waals surface area contributed by atoms with Gasteiger partial charge in [0.25, 0.3) is 5.91 Å². The summed E-state index contributed by atoms with van der Waals surface area (Å²) in [5.74, 6) is -3.70. The molecule has 2 atom stereocenters. The second-order valence-electron chi connectivity index (χ2n) is 6.76. The largest absolute Gasteiger partial charge is 0.487 e. The van der Waals surface area contributed by atoms with E-state index in [1.807, 2.05) is 0 Å². The average molecular weight is 423 g/mol. The predicted octanol–water partition coefficient (Wildman–Crippen LogP) is 4.29. The van der Waals surface area contributed by atoms with Gasteiger partial charge in [0, 0.05) is 18.2 Å². The van der Waals surface area contributed by atoms with Crippen molar-refractivity contribution < 1.29 is 27.5 Å². The predicted molar refractivity (Wildman–Crippen MR) is 106 cm³/mol. The first-order valence-electron chi connectivity index (χ1n) is 9.43. The molecular formula is C21H24F3N3O3. The Kier molecular flexibility index (Phi) is 7.79. The summed E-state index contributed by atoms with van der Waals surface area (Å²) >= 11 is 0. The highest BCUT2D eigenvalue weighted by molar-refractivity contribution is 5.96. The van der Waals surface area contributed by atoms with Crippen molar-refractivity contribution >= 4 is 17.6 Å².